The lowest BCUT2D eigenvalue weighted by atomic mass is 9.95. The van der Waals surface area contributed by atoms with Crippen LogP contribution in [0.15, 0.2) is 37.7 Å². The molecule has 6 heteroatoms. The summed E-state index contributed by atoms with van der Waals surface area (Å²) >= 11 is 0. The topological polar surface area (TPSA) is 54.4 Å². The van der Waals surface area contributed by atoms with Crippen LogP contribution in [0.2, 0.25) is 0 Å². The molecule has 0 saturated carbocycles. The van der Waals surface area contributed by atoms with Crippen LogP contribution < -0.4 is 9.80 Å². The van der Waals surface area contributed by atoms with Crippen LogP contribution in [0.1, 0.15) is 36.7 Å². The monoisotopic (exact) mass is 377 g/mol. The smallest absolute Gasteiger partial charge is 0.150 e. The minimum absolute atomic E-state index is 0.170. The molecule has 0 bridgehead atoms. The Bertz CT molecular complexity index is 888. The third-order valence-corrected chi connectivity index (χ3v) is 5.38. The van der Waals surface area contributed by atoms with Crippen LogP contribution in [-0.2, 0) is 4.74 Å². The molecule has 0 aliphatic carbocycles. The second-order valence-corrected chi connectivity index (χ2v) is 7.95. The summed E-state index contributed by atoms with van der Waals surface area (Å²) in [5.74, 6) is 2.31. The highest BCUT2D eigenvalue weighted by atomic mass is 16.5. The number of anilines is 2. The second kappa shape index (κ2) is 7.36. The van der Waals surface area contributed by atoms with Crippen molar-refractivity contribution in [2.24, 2.45) is 0 Å². The van der Waals surface area contributed by atoms with Gasteiger partial charge in [-0.3, -0.25) is 4.98 Å². The summed E-state index contributed by atoms with van der Waals surface area (Å²) in [6.45, 7) is 16.1. The van der Waals surface area contributed by atoms with Gasteiger partial charge >= 0.3 is 0 Å². The largest absolute Gasteiger partial charge is 0.372 e. The maximum absolute atomic E-state index is 5.85. The lowest BCUT2D eigenvalue weighted by Crippen LogP contribution is -2.50. The number of morpholine rings is 1. The van der Waals surface area contributed by atoms with Gasteiger partial charge in [0.2, 0.25) is 0 Å². The predicted octanol–water partition coefficient (Wildman–Crippen LogP) is 3.38. The molecule has 2 aromatic heterocycles. The molecule has 0 radical (unpaired) electrons. The minimum Gasteiger partial charge on any atom is -0.372 e. The zero-order valence-electron chi connectivity index (χ0n) is 16.6. The van der Waals surface area contributed by atoms with Crippen LogP contribution in [0, 0.1) is 0 Å². The first-order valence-electron chi connectivity index (χ1n) is 9.71. The summed E-state index contributed by atoms with van der Waals surface area (Å²) in [6.07, 6.45) is 7.16. The minimum atomic E-state index is -0.170. The number of nitrogens with zero attached hydrogens (tertiary/aromatic N) is 5. The van der Waals surface area contributed by atoms with Crippen molar-refractivity contribution < 1.29 is 4.74 Å². The van der Waals surface area contributed by atoms with E-state index in [1.807, 2.05) is 18.2 Å². The molecule has 2 saturated heterocycles. The van der Waals surface area contributed by atoms with Gasteiger partial charge in [0.25, 0.3) is 0 Å². The molecule has 146 valence electrons. The molecule has 0 aromatic carbocycles. The van der Waals surface area contributed by atoms with Gasteiger partial charge in [-0.1, -0.05) is 19.2 Å². The zero-order chi connectivity index (χ0) is 19.7. The molecular weight excluding hydrogens is 350 g/mol. The van der Waals surface area contributed by atoms with Crippen molar-refractivity contribution >= 4 is 23.8 Å². The van der Waals surface area contributed by atoms with Gasteiger partial charge in [0, 0.05) is 44.5 Å². The first-order valence-corrected chi connectivity index (χ1v) is 9.71. The summed E-state index contributed by atoms with van der Waals surface area (Å²) in [6, 6.07) is 4.09. The predicted molar refractivity (Wildman–Crippen MR) is 114 cm³/mol. The Hall–Kier alpha value is -2.73. The van der Waals surface area contributed by atoms with Crippen LogP contribution in [0.5, 0.6) is 0 Å². The average molecular weight is 377 g/mol. The summed E-state index contributed by atoms with van der Waals surface area (Å²) in [5.41, 5.74) is 2.77. The van der Waals surface area contributed by atoms with E-state index < -0.39 is 0 Å². The van der Waals surface area contributed by atoms with E-state index in [9.17, 15) is 0 Å². The Morgan fingerprint density at radius 1 is 1.11 bits per heavy atom. The van der Waals surface area contributed by atoms with Crippen molar-refractivity contribution in [2.75, 3.05) is 42.6 Å². The molecule has 2 fully saturated rings. The van der Waals surface area contributed by atoms with Crippen molar-refractivity contribution in [3.63, 3.8) is 0 Å². The highest BCUT2D eigenvalue weighted by molar-refractivity contribution is 5.63. The molecular formula is C22H27N5O. The van der Waals surface area contributed by atoms with E-state index in [0.717, 1.165) is 54.8 Å². The second-order valence-electron chi connectivity index (χ2n) is 7.95. The number of ether oxygens (including phenoxy) is 1. The Labute approximate surface area is 166 Å². The molecule has 2 aromatic rings. The molecule has 0 atom stereocenters. The summed E-state index contributed by atoms with van der Waals surface area (Å²) in [5, 5.41) is 0. The maximum Gasteiger partial charge on any atom is 0.150 e. The summed E-state index contributed by atoms with van der Waals surface area (Å²) in [7, 11) is 0. The average Bonchev–Trinajstić information content (AvgIpc) is 2.66. The van der Waals surface area contributed by atoms with Gasteiger partial charge in [-0.05, 0) is 37.6 Å². The standard InChI is InChI=1S/C22H27N5O/c1-5-16-7-8-19(25-18(16)6-2)27-13-17(14-27)20-21(24-10-9-23-20)26-11-12-28-22(3,4)15-26/h5-10,17H,1-2,11-15H2,3-4H3. The number of rotatable bonds is 5. The first kappa shape index (κ1) is 18.6. The lowest BCUT2D eigenvalue weighted by molar-refractivity contribution is -0.0280. The van der Waals surface area contributed by atoms with Crippen molar-refractivity contribution in [1.29, 1.82) is 0 Å². The summed E-state index contributed by atoms with van der Waals surface area (Å²) < 4.78 is 5.85. The molecule has 0 N–H and O–H groups in total. The number of hydrogen-bond acceptors (Lipinski definition) is 6. The van der Waals surface area contributed by atoms with Crippen LogP contribution in [0.25, 0.3) is 12.2 Å². The van der Waals surface area contributed by atoms with E-state index in [1.165, 1.54) is 0 Å². The maximum atomic E-state index is 5.85. The Kier molecular flexibility index (Phi) is 4.89. The molecule has 4 rings (SSSR count). The van der Waals surface area contributed by atoms with E-state index in [1.54, 1.807) is 18.5 Å². The van der Waals surface area contributed by atoms with Crippen molar-refractivity contribution in [2.45, 2.75) is 25.4 Å². The van der Waals surface area contributed by atoms with Crippen molar-refractivity contribution in [3.8, 4) is 0 Å². The number of hydrogen-bond donors (Lipinski definition) is 0. The lowest BCUT2D eigenvalue weighted by Gasteiger charge is -2.43. The van der Waals surface area contributed by atoms with Crippen LogP contribution >= 0.6 is 0 Å². The zero-order valence-corrected chi connectivity index (χ0v) is 16.6. The highest BCUT2D eigenvalue weighted by Crippen LogP contribution is 2.35. The molecule has 4 heterocycles. The van der Waals surface area contributed by atoms with E-state index in [0.29, 0.717) is 12.5 Å². The van der Waals surface area contributed by atoms with Crippen molar-refractivity contribution in [1.82, 2.24) is 15.0 Å². The molecule has 6 nitrogen and oxygen atoms in total. The fourth-order valence-corrected chi connectivity index (χ4v) is 3.90. The van der Waals surface area contributed by atoms with Crippen LogP contribution in [0.4, 0.5) is 11.6 Å². The van der Waals surface area contributed by atoms with E-state index >= 15 is 0 Å². The quantitative estimate of drug-likeness (QED) is 0.796. The molecule has 2 aliphatic heterocycles. The van der Waals surface area contributed by atoms with Gasteiger partial charge in [0.15, 0.2) is 5.82 Å². The molecule has 28 heavy (non-hydrogen) atoms. The van der Waals surface area contributed by atoms with Gasteiger partial charge in [-0.15, -0.1) is 0 Å². The Balaban J connectivity index is 1.51. The Morgan fingerprint density at radius 2 is 1.89 bits per heavy atom. The normalized spacial score (nSPS) is 19.2. The van der Waals surface area contributed by atoms with Gasteiger partial charge in [0.1, 0.15) is 5.82 Å². The number of pyridine rings is 1. The highest BCUT2D eigenvalue weighted by Gasteiger charge is 2.35. The first-order chi connectivity index (χ1) is 13.5. The molecule has 0 spiro atoms. The van der Waals surface area contributed by atoms with E-state index in [2.05, 4.69) is 41.8 Å². The SMILES string of the molecule is C=Cc1ccc(N2CC(c3nccnc3N3CCOC(C)(C)C3)C2)nc1C=C. The molecule has 0 unspecified atom stereocenters. The third-order valence-electron chi connectivity index (χ3n) is 5.38. The van der Waals surface area contributed by atoms with Gasteiger partial charge in [0.05, 0.1) is 23.6 Å². The number of aromatic nitrogens is 3. The van der Waals surface area contributed by atoms with Gasteiger partial charge in [-0.2, -0.15) is 0 Å². The van der Waals surface area contributed by atoms with Crippen LogP contribution in [-0.4, -0.2) is 53.3 Å². The van der Waals surface area contributed by atoms with Crippen LogP contribution in [0.3, 0.4) is 0 Å². The molecule has 0 amide bonds. The third kappa shape index (κ3) is 3.52. The summed E-state index contributed by atoms with van der Waals surface area (Å²) in [4.78, 5) is 18.7. The molecule has 2 aliphatic rings. The van der Waals surface area contributed by atoms with Gasteiger partial charge in [-0.25, -0.2) is 9.97 Å². The van der Waals surface area contributed by atoms with Gasteiger partial charge < -0.3 is 14.5 Å². The fraction of sp³-hybridized carbons (Fsp3) is 0.409. The van der Waals surface area contributed by atoms with Crippen molar-refractivity contribution in [3.05, 3.63) is 54.6 Å². The van der Waals surface area contributed by atoms with E-state index in [-0.39, 0.29) is 5.60 Å². The van der Waals surface area contributed by atoms with E-state index in [4.69, 9.17) is 14.7 Å². The fourth-order valence-electron chi connectivity index (χ4n) is 3.90. The Morgan fingerprint density at radius 3 is 2.61 bits per heavy atom.